The largest absolute Gasteiger partial charge is 0.481 e. The van der Waals surface area contributed by atoms with Gasteiger partial charge in [0, 0.05) is 47.3 Å². The third-order valence-electron chi connectivity index (χ3n) is 17.1. The summed E-state index contributed by atoms with van der Waals surface area (Å²) >= 11 is 4.00. The van der Waals surface area contributed by atoms with E-state index in [1.807, 2.05) is 34.6 Å². The van der Waals surface area contributed by atoms with Crippen LogP contribution in [0.3, 0.4) is 0 Å². The van der Waals surface area contributed by atoms with E-state index in [4.69, 9.17) is 19.2 Å². The van der Waals surface area contributed by atoms with Crippen LogP contribution in [0, 0.1) is 63.1 Å². The summed E-state index contributed by atoms with van der Waals surface area (Å²) in [5, 5.41) is 23.1. The maximum atomic E-state index is 15.5. The van der Waals surface area contributed by atoms with Crippen molar-refractivity contribution in [3.05, 3.63) is 33.7 Å². The molecule has 19 heteroatoms. The number of carboxylic acids is 2. The maximum Gasteiger partial charge on any atom is 0.342 e. The Bertz CT molecular complexity index is 2560. The normalized spacial score (nSPS) is 23.6. The second-order valence-electron chi connectivity index (χ2n) is 29.0. The number of carbonyl (C=O) groups excluding carboxylic acids is 5. The molecule has 1 aromatic heterocycles. The Labute approximate surface area is 521 Å². The molecule has 2 saturated carbocycles. The predicted octanol–water partition coefficient (Wildman–Crippen LogP) is 14.5. The maximum absolute atomic E-state index is 15.5. The van der Waals surface area contributed by atoms with Crippen LogP contribution in [-0.4, -0.2) is 115 Å². The van der Waals surface area contributed by atoms with E-state index >= 15 is 9.59 Å². The molecule has 6 unspecified atom stereocenters. The van der Waals surface area contributed by atoms with Crippen molar-refractivity contribution >= 4 is 94.7 Å². The molecule has 0 spiro atoms. The lowest BCUT2D eigenvalue weighted by atomic mass is 9.59. The SMILES string of the molecule is CCSCCC(=O)OCCSC(C)C(=O)NC1=NC(=Cc2[nH]c(NC(=O)CCCCSC(CC(=O)O)C(=O)O)c(C(=O)OC3C(C(C)(C)C)CC(C)CC3C(C)(C)C)c2C(C)C)C(C(C)C)=C1C(=O)OC1C(C(C)(C)C)CC(C)CC1C(C)(C)C. The molecule has 0 saturated heterocycles. The van der Waals surface area contributed by atoms with E-state index in [1.54, 1.807) is 24.8 Å². The summed E-state index contributed by atoms with van der Waals surface area (Å²) in [7, 11) is 0. The van der Waals surface area contributed by atoms with E-state index in [2.05, 4.69) is 113 Å². The summed E-state index contributed by atoms with van der Waals surface area (Å²) in [4.78, 5) is 103. The number of anilines is 1. The van der Waals surface area contributed by atoms with Gasteiger partial charge in [0.1, 0.15) is 46.9 Å². The Hall–Kier alpha value is -4.23. The highest BCUT2D eigenvalue weighted by molar-refractivity contribution is 8.00. The first-order valence-corrected chi connectivity index (χ1v) is 34.3. The minimum atomic E-state index is -1.21. The number of thioether (sulfide) groups is 3. The molecule has 2 aliphatic carbocycles. The summed E-state index contributed by atoms with van der Waals surface area (Å²) in [6, 6.07) is 0. The highest BCUT2D eigenvalue weighted by Crippen LogP contribution is 2.52. The molecule has 1 aromatic rings. The van der Waals surface area contributed by atoms with E-state index in [0.29, 0.717) is 70.9 Å². The van der Waals surface area contributed by atoms with E-state index in [-0.39, 0.29) is 99.0 Å². The number of aromatic amines is 1. The van der Waals surface area contributed by atoms with Gasteiger partial charge < -0.3 is 40.0 Å². The number of H-pyrrole nitrogens is 1. The van der Waals surface area contributed by atoms with Crippen molar-refractivity contribution in [3.8, 4) is 0 Å². The van der Waals surface area contributed by atoms with Crippen molar-refractivity contribution in [1.29, 1.82) is 0 Å². The van der Waals surface area contributed by atoms with Crippen molar-refractivity contribution in [3.63, 3.8) is 0 Å². The number of hydrogen-bond donors (Lipinski definition) is 5. The zero-order chi connectivity index (χ0) is 64.3. The number of amidine groups is 1. The Morgan fingerprint density at radius 1 is 0.682 bits per heavy atom. The van der Waals surface area contributed by atoms with Gasteiger partial charge in [-0.15, -0.1) is 23.5 Å². The molecule has 16 nitrogen and oxygen atoms in total. The van der Waals surface area contributed by atoms with Crippen LogP contribution in [0.15, 0.2) is 21.8 Å². The van der Waals surface area contributed by atoms with Crippen molar-refractivity contribution in [2.75, 3.05) is 34.9 Å². The Kier molecular flexibility index (Phi) is 27.0. The number of aliphatic carboxylic acids is 2. The van der Waals surface area contributed by atoms with Gasteiger partial charge in [-0.3, -0.25) is 24.0 Å². The second-order valence-corrected chi connectivity index (χ2v) is 33.2. The number of unbranched alkanes of at least 4 members (excludes halogenated alkanes) is 1. The Morgan fingerprint density at radius 2 is 1.20 bits per heavy atom. The van der Waals surface area contributed by atoms with Gasteiger partial charge in [-0.2, -0.15) is 11.8 Å². The van der Waals surface area contributed by atoms with Crippen LogP contribution in [0.1, 0.15) is 224 Å². The molecule has 0 radical (unpaired) electrons. The van der Waals surface area contributed by atoms with Crippen LogP contribution < -0.4 is 10.6 Å². The molecule has 2 fully saturated rings. The van der Waals surface area contributed by atoms with Crippen LogP contribution in [-0.2, 0) is 43.0 Å². The average molecular weight is 1240 g/mol. The molecular weight excluding hydrogens is 1140 g/mol. The van der Waals surface area contributed by atoms with Crippen LogP contribution in [0.25, 0.3) is 6.08 Å². The number of nitrogens with zero attached hydrogens (tertiary/aromatic N) is 1. The zero-order valence-corrected chi connectivity index (χ0v) is 57.5. The van der Waals surface area contributed by atoms with Gasteiger partial charge in [-0.05, 0) is 119 Å². The molecule has 1 aliphatic heterocycles. The molecule has 2 amide bonds. The Balaban J connectivity index is 1.93. The van der Waals surface area contributed by atoms with E-state index < -0.39 is 64.8 Å². The van der Waals surface area contributed by atoms with Crippen LogP contribution in [0.5, 0.6) is 0 Å². The number of aromatic nitrogens is 1. The van der Waals surface area contributed by atoms with Crippen molar-refractivity contribution in [2.24, 2.45) is 68.1 Å². The van der Waals surface area contributed by atoms with E-state index in [1.165, 1.54) is 11.8 Å². The van der Waals surface area contributed by atoms with Crippen molar-refractivity contribution < 1.29 is 58.0 Å². The monoisotopic (exact) mass is 1240 g/mol. The zero-order valence-electron chi connectivity index (χ0n) is 55.1. The van der Waals surface area contributed by atoms with Crippen LogP contribution in [0.2, 0.25) is 0 Å². The molecule has 85 heavy (non-hydrogen) atoms. The van der Waals surface area contributed by atoms with E-state index in [9.17, 15) is 34.2 Å². The second kappa shape index (κ2) is 31.3. The van der Waals surface area contributed by atoms with Gasteiger partial charge in [-0.25, -0.2) is 14.6 Å². The minimum absolute atomic E-state index is 0.0160. The number of hydrogen-bond acceptors (Lipinski definition) is 14. The third kappa shape index (κ3) is 20.9. The number of nitrogens with one attached hydrogen (secondary N) is 3. The molecule has 0 aromatic carbocycles. The number of amides is 2. The van der Waals surface area contributed by atoms with Gasteiger partial charge in [0.05, 0.1) is 23.8 Å². The number of carboxylic acid groups (broad SMARTS) is 2. The van der Waals surface area contributed by atoms with Gasteiger partial charge in [0.15, 0.2) is 0 Å². The number of ether oxygens (including phenoxy) is 3. The van der Waals surface area contributed by atoms with Crippen LogP contribution >= 0.6 is 35.3 Å². The summed E-state index contributed by atoms with van der Waals surface area (Å²) < 4.78 is 19.3. The standard InChI is InChI=1S/C66H106N4O12S3/c1-21-83-28-25-50(74)80-26-29-84-40(8)59(75)70-58-54(62(79)82-56-43(65(15,16)17)32-39(7)33-44(56)66(18,19)20)52(37(4)5)46(68-58)34-45-51(36(2)3)53(57(67-45)69-48(71)24-22-23-27-85-47(60(76)77)35-49(72)73)61(78)81-55-41(63(9,10)11)30-38(6)31-42(55)64(12,13)14/h34,36-44,47,55-56,67H,21-33,35H2,1-20H3,(H,69,71)(H,72,73)(H,76,77)(H,68,70,75). The highest BCUT2D eigenvalue weighted by atomic mass is 32.2. The van der Waals surface area contributed by atoms with Crippen LogP contribution in [0.4, 0.5) is 5.82 Å². The fourth-order valence-electron chi connectivity index (χ4n) is 12.5. The molecular formula is C66H106N4O12S3. The van der Waals surface area contributed by atoms with Gasteiger partial charge in [-0.1, -0.05) is 132 Å². The quantitative estimate of drug-likeness (QED) is 0.0329. The molecule has 0 bridgehead atoms. The average Bonchev–Trinajstić information content (AvgIpc) is 2.48. The fourth-order valence-corrected chi connectivity index (χ4v) is 14.9. The smallest absolute Gasteiger partial charge is 0.342 e. The molecule has 2 heterocycles. The number of allylic oxidation sites excluding steroid dienone is 1. The first kappa shape index (κ1) is 73.2. The van der Waals surface area contributed by atoms with E-state index in [0.717, 1.165) is 43.2 Å². The summed E-state index contributed by atoms with van der Waals surface area (Å²) in [5.41, 5.74) is 1.32. The van der Waals surface area contributed by atoms with Gasteiger partial charge >= 0.3 is 29.8 Å². The molecule has 4 rings (SSSR count). The lowest BCUT2D eigenvalue weighted by Gasteiger charge is -2.50. The lowest BCUT2D eigenvalue weighted by Crippen LogP contribution is -2.50. The number of rotatable bonds is 26. The van der Waals surface area contributed by atoms with Crippen molar-refractivity contribution in [2.45, 2.75) is 225 Å². The number of esters is 3. The first-order chi connectivity index (χ1) is 39.3. The fraction of sp³-hybridized carbons (Fsp3) is 0.758. The predicted molar refractivity (Wildman–Crippen MR) is 347 cm³/mol. The lowest BCUT2D eigenvalue weighted by molar-refractivity contribution is -0.164. The molecule has 6 atom stereocenters. The van der Waals surface area contributed by atoms with Crippen molar-refractivity contribution in [1.82, 2.24) is 10.3 Å². The topological polar surface area (TPSA) is 240 Å². The molecule has 480 valence electrons. The molecule has 3 aliphatic rings. The first-order valence-electron chi connectivity index (χ1n) is 31.0. The molecule has 5 N–H and O–H groups in total. The number of aliphatic imine (C=N–C) groups is 1. The number of carbonyl (C=O) groups is 7. The minimum Gasteiger partial charge on any atom is -0.481 e. The highest BCUT2D eigenvalue weighted by Gasteiger charge is 2.51. The summed E-state index contributed by atoms with van der Waals surface area (Å²) in [6.45, 7) is 42.6. The van der Waals surface area contributed by atoms with Gasteiger partial charge in [0.2, 0.25) is 11.8 Å². The summed E-state index contributed by atoms with van der Waals surface area (Å²) in [6.07, 6.45) is 4.93. The Morgan fingerprint density at radius 3 is 1.66 bits per heavy atom. The third-order valence-corrected chi connectivity index (χ3v) is 20.4. The summed E-state index contributed by atoms with van der Waals surface area (Å²) in [5.74, 6) is -2.08. The van der Waals surface area contributed by atoms with Gasteiger partial charge in [0.25, 0.3) is 0 Å².